The molecule has 2 N–H and O–H groups in total. The first-order valence-corrected chi connectivity index (χ1v) is 5.89. The van der Waals surface area contributed by atoms with E-state index in [2.05, 4.69) is 26.8 Å². The van der Waals surface area contributed by atoms with Gasteiger partial charge in [-0.25, -0.2) is 0 Å². The highest BCUT2D eigenvalue weighted by Gasteiger charge is 2.27. The fourth-order valence-corrected chi connectivity index (χ4v) is 1.91. The summed E-state index contributed by atoms with van der Waals surface area (Å²) < 4.78 is 0. The first kappa shape index (κ1) is 11.7. The second kappa shape index (κ2) is 3.90. The van der Waals surface area contributed by atoms with Crippen molar-refractivity contribution in [3.63, 3.8) is 0 Å². The summed E-state index contributed by atoms with van der Waals surface area (Å²) in [5, 5.41) is 18.6. The van der Waals surface area contributed by atoms with E-state index >= 15 is 0 Å². The van der Waals surface area contributed by atoms with Gasteiger partial charge in [-0.2, -0.15) is 0 Å². The van der Waals surface area contributed by atoms with E-state index in [0.29, 0.717) is 11.4 Å². The minimum atomic E-state index is -1.36. The van der Waals surface area contributed by atoms with Crippen LogP contribution in [-0.2, 0) is 5.41 Å². The van der Waals surface area contributed by atoms with Gasteiger partial charge < -0.3 is 10.0 Å². The highest BCUT2D eigenvalue weighted by Crippen LogP contribution is 2.40. The van der Waals surface area contributed by atoms with Crippen LogP contribution in [0.15, 0.2) is 18.2 Å². The van der Waals surface area contributed by atoms with E-state index in [1.165, 1.54) is 24.0 Å². The van der Waals surface area contributed by atoms with Gasteiger partial charge in [0.2, 0.25) is 0 Å². The van der Waals surface area contributed by atoms with Crippen molar-refractivity contribution in [2.24, 2.45) is 0 Å². The Morgan fingerprint density at radius 3 is 2.19 bits per heavy atom. The summed E-state index contributed by atoms with van der Waals surface area (Å²) in [5.41, 5.74) is 3.11. The maximum absolute atomic E-state index is 9.30. The van der Waals surface area contributed by atoms with Gasteiger partial charge in [-0.3, -0.25) is 0 Å². The molecule has 1 fully saturated rings. The molecule has 0 atom stereocenters. The quantitative estimate of drug-likeness (QED) is 0.739. The lowest BCUT2D eigenvalue weighted by Gasteiger charge is -2.21. The van der Waals surface area contributed by atoms with Crippen LogP contribution in [0.4, 0.5) is 0 Å². The number of rotatable bonds is 2. The van der Waals surface area contributed by atoms with Crippen molar-refractivity contribution in [1.82, 2.24) is 0 Å². The van der Waals surface area contributed by atoms with Crippen LogP contribution in [0.5, 0.6) is 0 Å². The van der Waals surface area contributed by atoms with Crippen LogP contribution < -0.4 is 5.46 Å². The molecule has 3 heteroatoms. The normalized spacial score (nSPS) is 16.3. The minimum absolute atomic E-state index is 0.0501. The Hall–Kier alpha value is -0.795. The van der Waals surface area contributed by atoms with E-state index in [1.807, 2.05) is 12.1 Å². The molecule has 0 unspecified atom stereocenters. The number of hydrogen-bond acceptors (Lipinski definition) is 2. The van der Waals surface area contributed by atoms with Crippen molar-refractivity contribution in [3.05, 3.63) is 29.3 Å². The van der Waals surface area contributed by atoms with Gasteiger partial charge in [0, 0.05) is 0 Å². The monoisotopic (exact) mass is 218 g/mol. The standard InChI is InChI=1S/C13H19BO2/c1-13(2,3)11-6-10(9-4-5-9)7-12(8-11)14(15)16/h6-9,15-16H,4-5H2,1-3H3. The van der Waals surface area contributed by atoms with Crippen LogP contribution in [-0.4, -0.2) is 17.2 Å². The molecule has 0 aliphatic heterocycles. The van der Waals surface area contributed by atoms with Crippen molar-refractivity contribution >= 4 is 12.6 Å². The second-order valence-corrected chi connectivity index (χ2v) is 5.79. The molecule has 2 rings (SSSR count). The average molecular weight is 218 g/mol. The van der Waals surface area contributed by atoms with Gasteiger partial charge >= 0.3 is 7.12 Å². The topological polar surface area (TPSA) is 40.5 Å². The van der Waals surface area contributed by atoms with Crippen LogP contribution in [0.1, 0.15) is 50.7 Å². The van der Waals surface area contributed by atoms with Gasteiger partial charge in [-0.1, -0.05) is 39.0 Å². The molecular weight excluding hydrogens is 199 g/mol. The molecule has 0 radical (unpaired) electrons. The molecule has 0 heterocycles. The molecule has 86 valence electrons. The number of benzene rings is 1. The maximum Gasteiger partial charge on any atom is 0.488 e. The lowest BCUT2D eigenvalue weighted by molar-refractivity contribution is 0.425. The Balaban J connectivity index is 2.44. The largest absolute Gasteiger partial charge is 0.488 e. The molecule has 0 aromatic heterocycles. The molecule has 1 saturated carbocycles. The van der Waals surface area contributed by atoms with Crippen LogP contribution >= 0.6 is 0 Å². The van der Waals surface area contributed by atoms with Gasteiger partial charge in [0.1, 0.15) is 0 Å². The third-order valence-corrected chi connectivity index (χ3v) is 3.19. The van der Waals surface area contributed by atoms with E-state index < -0.39 is 7.12 Å². The van der Waals surface area contributed by atoms with Gasteiger partial charge in [0.15, 0.2) is 0 Å². The van der Waals surface area contributed by atoms with Crippen molar-refractivity contribution in [2.75, 3.05) is 0 Å². The Bertz CT molecular complexity index is 369. The smallest absolute Gasteiger partial charge is 0.423 e. The lowest BCUT2D eigenvalue weighted by atomic mass is 9.75. The second-order valence-electron chi connectivity index (χ2n) is 5.79. The SMILES string of the molecule is CC(C)(C)c1cc(B(O)O)cc(C2CC2)c1. The van der Waals surface area contributed by atoms with Gasteiger partial charge in [-0.05, 0) is 40.8 Å². The molecule has 0 spiro atoms. The van der Waals surface area contributed by atoms with E-state index in [9.17, 15) is 10.0 Å². The van der Waals surface area contributed by atoms with E-state index in [0.717, 1.165) is 0 Å². The van der Waals surface area contributed by atoms with Gasteiger partial charge in [-0.15, -0.1) is 0 Å². The van der Waals surface area contributed by atoms with Crippen molar-refractivity contribution in [3.8, 4) is 0 Å². The molecule has 2 nitrogen and oxygen atoms in total. The zero-order chi connectivity index (χ0) is 11.9. The molecule has 1 aliphatic carbocycles. The Labute approximate surface area is 97.5 Å². The Morgan fingerprint density at radius 2 is 1.75 bits per heavy atom. The molecule has 1 aliphatic rings. The predicted octanol–water partition coefficient (Wildman–Crippen LogP) is 1.54. The first-order valence-electron chi connectivity index (χ1n) is 5.89. The van der Waals surface area contributed by atoms with E-state index in [-0.39, 0.29) is 5.41 Å². The van der Waals surface area contributed by atoms with Crippen molar-refractivity contribution < 1.29 is 10.0 Å². The number of hydrogen-bond donors (Lipinski definition) is 2. The third-order valence-electron chi connectivity index (χ3n) is 3.19. The Morgan fingerprint density at radius 1 is 1.12 bits per heavy atom. The molecule has 16 heavy (non-hydrogen) atoms. The maximum atomic E-state index is 9.30. The summed E-state index contributed by atoms with van der Waals surface area (Å²) in [5.74, 6) is 0.639. The van der Waals surface area contributed by atoms with Crippen LogP contribution in [0.25, 0.3) is 0 Å². The third kappa shape index (κ3) is 2.47. The van der Waals surface area contributed by atoms with Crippen LogP contribution in [0.3, 0.4) is 0 Å². The van der Waals surface area contributed by atoms with Gasteiger partial charge in [0.05, 0.1) is 0 Å². The molecule has 1 aromatic rings. The summed E-state index contributed by atoms with van der Waals surface area (Å²) in [6, 6.07) is 6.04. The predicted molar refractivity (Wildman–Crippen MR) is 66.9 cm³/mol. The highest BCUT2D eigenvalue weighted by atomic mass is 16.4. The summed E-state index contributed by atoms with van der Waals surface area (Å²) in [7, 11) is -1.36. The molecule has 0 bridgehead atoms. The highest BCUT2D eigenvalue weighted by molar-refractivity contribution is 6.58. The van der Waals surface area contributed by atoms with Crippen LogP contribution in [0.2, 0.25) is 0 Å². The molecular formula is C13H19BO2. The summed E-state index contributed by atoms with van der Waals surface area (Å²) >= 11 is 0. The van der Waals surface area contributed by atoms with E-state index in [1.54, 1.807) is 0 Å². The Kier molecular flexibility index (Phi) is 2.85. The fraction of sp³-hybridized carbons (Fsp3) is 0.538. The van der Waals surface area contributed by atoms with Crippen molar-refractivity contribution in [2.45, 2.75) is 44.9 Å². The minimum Gasteiger partial charge on any atom is -0.423 e. The van der Waals surface area contributed by atoms with Crippen molar-refractivity contribution in [1.29, 1.82) is 0 Å². The fourth-order valence-electron chi connectivity index (χ4n) is 1.91. The summed E-state index contributed by atoms with van der Waals surface area (Å²) in [6.45, 7) is 6.44. The average Bonchev–Trinajstić information content (AvgIpc) is 2.98. The summed E-state index contributed by atoms with van der Waals surface area (Å²) in [4.78, 5) is 0. The van der Waals surface area contributed by atoms with Gasteiger partial charge in [0.25, 0.3) is 0 Å². The first-order chi connectivity index (χ1) is 7.38. The molecule has 1 aromatic carbocycles. The summed E-state index contributed by atoms with van der Waals surface area (Å²) in [6.07, 6.45) is 2.46. The molecule has 0 amide bonds. The zero-order valence-electron chi connectivity index (χ0n) is 10.2. The van der Waals surface area contributed by atoms with Crippen LogP contribution in [0, 0.1) is 0 Å². The van der Waals surface area contributed by atoms with E-state index in [4.69, 9.17) is 0 Å². The molecule has 0 saturated heterocycles. The lowest BCUT2D eigenvalue weighted by Crippen LogP contribution is -2.31. The zero-order valence-corrected chi connectivity index (χ0v) is 10.2.